The molecule has 3 N–H and O–H groups in total. The molecule has 0 radical (unpaired) electrons. The van der Waals surface area contributed by atoms with Crippen LogP contribution >= 0.6 is 0 Å². The quantitative estimate of drug-likeness (QED) is 0.780. The molecule has 1 aliphatic heterocycles. The van der Waals surface area contributed by atoms with Gasteiger partial charge in [0.2, 0.25) is 5.91 Å². The van der Waals surface area contributed by atoms with Crippen LogP contribution in [0.1, 0.15) is 12.0 Å². The van der Waals surface area contributed by atoms with Crippen molar-refractivity contribution in [2.24, 2.45) is 5.73 Å². The van der Waals surface area contributed by atoms with Crippen LogP contribution in [0.25, 0.3) is 0 Å². The summed E-state index contributed by atoms with van der Waals surface area (Å²) >= 11 is 0. The van der Waals surface area contributed by atoms with Gasteiger partial charge in [-0.2, -0.15) is 0 Å². The van der Waals surface area contributed by atoms with Crippen molar-refractivity contribution in [2.45, 2.75) is 25.2 Å². The molecule has 0 saturated carbocycles. The van der Waals surface area contributed by atoms with Crippen LogP contribution < -0.4 is 5.73 Å². The van der Waals surface area contributed by atoms with E-state index in [9.17, 15) is 14.4 Å². The summed E-state index contributed by atoms with van der Waals surface area (Å²) in [6, 6.07) is 8.07. The molecule has 23 heavy (non-hydrogen) atoms. The third-order valence-electron chi connectivity index (χ3n) is 3.49. The van der Waals surface area contributed by atoms with Crippen LogP contribution in [0.3, 0.4) is 0 Å². The Labute approximate surface area is 132 Å². The van der Waals surface area contributed by atoms with Gasteiger partial charge in [-0.15, -0.1) is 0 Å². The molecule has 8 heteroatoms. The largest absolute Gasteiger partial charge is 0.480 e. The minimum atomic E-state index is -1.15. The number of carboxylic acid groups (broad SMARTS) is 1. The van der Waals surface area contributed by atoms with Crippen LogP contribution in [0, 0.1) is 0 Å². The summed E-state index contributed by atoms with van der Waals surface area (Å²) in [5.74, 6) is -1.91. The van der Waals surface area contributed by atoms with Crippen LogP contribution in [0.4, 0.5) is 4.79 Å². The highest BCUT2D eigenvalue weighted by Gasteiger charge is 2.42. The number of primary amides is 1. The number of aliphatic carboxylic acids is 1. The van der Waals surface area contributed by atoms with E-state index in [1.807, 2.05) is 30.3 Å². The van der Waals surface area contributed by atoms with Crippen LogP contribution in [-0.4, -0.2) is 53.3 Å². The lowest BCUT2D eigenvalue weighted by Gasteiger charge is -2.24. The second kappa shape index (κ2) is 7.59. The van der Waals surface area contributed by atoms with Crippen LogP contribution in [0.5, 0.6) is 0 Å². The zero-order chi connectivity index (χ0) is 16.8. The van der Waals surface area contributed by atoms with E-state index in [0.29, 0.717) is 6.42 Å². The fraction of sp³-hybridized carbons (Fsp3) is 0.400. The Morgan fingerprint density at radius 3 is 2.57 bits per heavy atom. The number of carbonyl (C=O) groups excluding carboxylic acids is 2. The highest BCUT2D eigenvalue weighted by atomic mass is 16.6. The molecule has 2 amide bonds. The molecule has 8 nitrogen and oxygen atoms in total. The van der Waals surface area contributed by atoms with E-state index in [1.165, 1.54) is 4.90 Å². The van der Waals surface area contributed by atoms with Gasteiger partial charge in [-0.05, 0) is 12.0 Å². The molecular formula is C15H18N2O6. The first-order chi connectivity index (χ1) is 11.0. The third kappa shape index (κ3) is 4.43. The molecule has 1 aromatic rings. The molecule has 0 bridgehead atoms. The summed E-state index contributed by atoms with van der Waals surface area (Å²) in [6.45, 7) is -0.269. The first-order valence-corrected chi connectivity index (χ1v) is 7.09. The summed E-state index contributed by atoms with van der Waals surface area (Å²) in [7, 11) is 0. The van der Waals surface area contributed by atoms with Gasteiger partial charge in [0, 0.05) is 6.54 Å². The highest BCUT2D eigenvalue weighted by molar-refractivity contribution is 5.85. The zero-order valence-corrected chi connectivity index (χ0v) is 12.4. The van der Waals surface area contributed by atoms with Gasteiger partial charge in [0.15, 0.2) is 0 Å². The van der Waals surface area contributed by atoms with Gasteiger partial charge in [0.25, 0.3) is 0 Å². The Bertz CT molecular complexity index is 577. The number of nitrogens with zero attached hydrogens (tertiary/aromatic N) is 1. The predicted octanol–water partition coefficient (Wildman–Crippen LogP) is 0.353. The maximum atomic E-state index is 12.1. The lowest BCUT2D eigenvalue weighted by Crippen LogP contribution is -2.49. The van der Waals surface area contributed by atoms with E-state index in [4.69, 9.17) is 20.3 Å². The number of benzene rings is 1. The van der Waals surface area contributed by atoms with Gasteiger partial charge in [0.1, 0.15) is 19.3 Å². The van der Waals surface area contributed by atoms with Crippen molar-refractivity contribution in [1.29, 1.82) is 0 Å². The normalized spacial score (nSPS) is 20.3. The number of hydrogen-bond donors (Lipinski definition) is 2. The van der Waals surface area contributed by atoms with Crippen molar-refractivity contribution in [3.05, 3.63) is 35.9 Å². The Kier molecular flexibility index (Phi) is 5.53. The van der Waals surface area contributed by atoms with E-state index in [1.54, 1.807) is 0 Å². The smallest absolute Gasteiger partial charge is 0.410 e. The first kappa shape index (κ1) is 16.8. The zero-order valence-electron chi connectivity index (χ0n) is 12.4. The molecular weight excluding hydrogens is 304 g/mol. The van der Waals surface area contributed by atoms with Crippen molar-refractivity contribution in [3.8, 4) is 0 Å². The summed E-state index contributed by atoms with van der Waals surface area (Å²) in [5, 5.41) is 8.64. The van der Waals surface area contributed by atoms with E-state index in [2.05, 4.69) is 0 Å². The molecule has 1 heterocycles. The molecule has 2 atom stereocenters. The van der Waals surface area contributed by atoms with Crippen LogP contribution in [0.2, 0.25) is 0 Å². The monoisotopic (exact) mass is 322 g/mol. The Hall–Kier alpha value is -2.61. The second-order valence-electron chi connectivity index (χ2n) is 5.11. The van der Waals surface area contributed by atoms with Gasteiger partial charge in [-0.1, -0.05) is 30.3 Å². The van der Waals surface area contributed by atoms with E-state index >= 15 is 0 Å². The molecule has 1 saturated heterocycles. The average Bonchev–Trinajstić information content (AvgIpc) is 2.96. The van der Waals surface area contributed by atoms with E-state index in [0.717, 1.165) is 5.56 Å². The SMILES string of the molecule is NC(=O)[C@@H]1[C@@H](OCC(=O)O)CCN1C(=O)OCc1ccccc1. The molecule has 2 rings (SSSR count). The van der Waals surface area contributed by atoms with Crippen molar-refractivity contribution in [1.82, 2.24) is 4.90 Å². The van der Waals surface area contributed by atoms with Crippen LogP contribution in [0.15, 0.2) is 30.3 Å². The predicted molar refractivity (Wildman–Crippen MR) is 78.3 cm³/mol. The number of carbonyl (C=O) groups is 3. The maximum absolute atomic E-state index is 12.1. The number of nitrogens with two attached hydrogens (primary N) is 1. The van der Waals surface area contributed by atoms with Gasteiger partial charge < -0.3 is 20.3 Å². The van der Waals surface area contributed by atoms with Gasteiger partial charge >= 0.3 is 12.1 Å². The number of amides is 2. The molecule has 0 aliphatic carbocycles. The second-order valence-corrected chi connectivity index (χ2v) is 5.11. The molecule has 1 aliphatic rings. The summed E-state index contributed by atoms with van der Waals surface area (Å²) < 4.78 is 10.3. The lowest BCUT2D eigenvalue weighted by atomic mass is 10.1. The summed E-state index contributed by atoms with van der Waals surface area (Å²) in [6.07, 6.45) is -1.10. The third-order valence-corrected chi connectivity index (χ3v) is 3.49. The average molecular weight is 322 g/mol. The number of hydrogen-bond acceptors (Lipinski definition) is 5. The number of likely N-dealkylation sites (tertiary alicyclic amines) is 1. The van der Waals surface area contributed by atoms with Crippen molar-refractivity contribution in [3.63, 3.8) is 0 Å². The molecule has 1 aromatic carbocycles. The highest BCUT2D eigenvalue weighted by Crippen LogP contribution is 2.22. The fourth-order valence-electron chi connectivity index (χ4n) is 2.46. The topological polar surface area (TPSA) is 119 Å². The Balaban J connectivity index is 1.95. The van der Waals surface area contributed by atoms with Gasteiger partial charge in [-0.3, -0.25) is 9.69 Å². The molecule has 0 unspecified atom stereocenters. The lowest BCUT2D eigenvalue weighted by molar-refractivity contribution is -0.146. The number of rotatable bonds is 6. The van der Waals surface area contributed by atoms with Crippen molar-refractivity contribution >= 4 is 18.0 Å². The van der Waals surface area contributed by atoms with Crippen molar-refractivity contribution < 1.29 is 29.0 Å². The van der Waals surface area contributed by atoms with E-state index < -0.39 is 36.7 Å². The minimum absolute atomic E-state index is 0.0717. The van der Waals surface area contributed by atoms with E-state index in [-0.39, 0.29) is 13.2 Å². The van der Waals surface area contributed by atoms with Gasteiger partial charge in [0.05, 0.1) is 6.10 Å². The van der Waals surface area contributed by atoms with Gasteiger partial charge in [-0.25, -0.2) is 9.59 Å². The summed E-state index contributed by atoms with van der Waals surface area (Å²) in [5.41, 5.74) is 6.13. The molecule has 1 fully saturated rings. The standard InChI is InChI=1S/C15H18N2O6/c16-14(20)13-11(22-9-12(18)19)6-7-17(13)15(21)23-8-10-4-2-1-3-5-10/h1-5,11,13H,6-9H2,(H2,16,20)(H,18,19)/t11-,13-/m0/s1. The number of ether oxygens (including phenoxy) is 2. The Morgan fingerprint density at radius 1 is 1.26 bits per heavy atom. The maximum Gasteiger partial charge on any atom is 0.410 e. The minimum Gasteiger partial charge on any atom is -0.480 e. The Morgan fingerprint density at radius 2 is 1.96 bits per heavy atom. The fourth-order valence-corrected chi connectivity index (χ4v) is 2.46. The summed E-state index contributed by atoms with van der Waals surface area (Å²) in [4.78, 5) is 35.5. The first-order valence-electron chi connectivity index (χ1n) is 7.09. The number of carboxylic acids is 1. The van der Waals surface area contributed by atoms with Crippen LogP contribution in [-0.2, 0) is 25.7 Å². The molecule has 124 valence electrons. The molecule has 0 spiro atoms. The molecule has 0 aromatic heterocycles. The van der Waals surface area contributed by atoms with Crippen molar-refractivity contribution in [2.75, 3.05) is 13.2 Å².